The molecule has 0 aliphatic heterocycles. The highest BCUT2D eigenvalue weighted by atomic mass is 32.5. The van der Waals surface area contributed by atoms with E-state index in [0.29, 0.717) is 31.1 Å². The highest BCUT2D eigenvalue weighted by Crippen LogP contribution is 2.60. The molecule has 1 fully saturated rings. The Kier molecular flexibility index (Phi) is 12.5. The summed E-state index contributed by atoms with van der Waals surface area (Å²) < 4.78 is 22.2. The van der Waals surface area contributed by atoms with Crippen LogP contribution in [-0.2, 0) is 35.2 Å². The standard InChI is InChI=1S/C19H24O3.C12H21N2O3PS/c1-7-8-13-12(4)16(10-15(13)20)22-18(21)17-14(9-11(2)3)19(17,5)6;1-6-15-18(19,16-7-2)17-11-8-10(5)13-12(14-11)9(3)4/h1,9,14,16-17H,8,10H2,2-6H3;8-9H,6-7H2,1-5H3/t14?,16-,17?;/m0./s1. The number of aromatic nitrogens is 2. The number of terminal acetylenes is 1. The van der Waals surface area contributed by atoms with Gasteiger partial charge in [-0.1, -0.05) is 39.3 Å². The highest BCUT2D eigenvalue weighted by molar-refractivity contribution is 8.07. The molecule has 0 N–H and O–H groups in total. The molecule has 0 radical (unpaired) electrons. The number of rotatable bonds is 11. The summed E-state index contributed by atoms with van der Waals surface area (Å²) in [6.07, 6.45) is 7.53. The van der Waals surface area contributed by atoms with Gasteiger partial charge in [-0.3, -0.25) is 18.6 Å². The van der Waals surface area contributed by atoms with Crippen LogP contribution in [0, 0.1) is 36.5 Å². The van der Waals surface area contributed by atoms with E-state index in [2.05, 4.69) is 35.8 Å². The lowest BCUT2D eigenvalue weighted by Crippen LogP contribution is -2.20. The molecule has 0 saturated heterocycles. The number of hydrogen-bond donors (Lipinski definition) is 0. The predicted molar refractivity (Wildman–Crippen MR) is 165 cm³/mol. The summed E-state index contributed by atoms with van der Waals surface area (Å²) in [4.78, 5) is 33.1. The third-order valence-corrected chi connectivity index (χ3v) is 9.44. The number of ether oxygens (including phenoxy) is 1. The Balaban J connectivity index is 0.000000290. The van der Waals surface area contributed by atoms with Crippen molar-refractivity contribution in [2.45, 2.75) is 94.1 Å². The summed E-state index contributed by atoms with van der Waals surface area (Å²) in [5.41, 5.74) is 3.42. The molecular weight excluding hydrogens is 559 g/mol. The Morgan fingerprint density at radius 3 is 2.34 bits per heavy atom. The van der Waals surface area contributed by atoms with Gasteiger partial charge in [0.1, 0.15) is 11.9 Å². The molecule has 3 atom stereocenters. The smallest absolute Gasteiger partial charge is 0.381 e. The molecule has 226 valence electrons. The maximum absolute atomic E-state index is 12.5. The van der Waals surface area contributed by atoms with Crippen molar-refractivity contribution >= 4 is 30.3 Å². The molecule has 0 amide bonds. The fourth-order valence-electron chi connectivity index (χ4n) is 4.73. The molecule has 0 aromatic carbocycles. The molecule has 1 aromatic rings. The molecule has 0 bridgehead atoms. The molecule has 1 aromatic heterocycles. The van der Waals surface area contributed by atoms with E-state index in [1.54, 1.807) is 6.07 Å². The molecule has 2 aliphatic carbocycles. The Morgan fingerprint density at radius 2 is 1.83 bits per heavy atom. The van der Waals surface area contributed by atoms with Crippen LogP contribution in [0.4, 0.5) is 0 Å². The van der Waals surface area contributed by atoms with Crippen LogP contribution < -0.4 is 4.52 Å². The largest absolute Gasteiger partial charge is 0.457 e. The highest BCUT2D eigenvalue weighted by Gasteiger charge is 2.61. The predicted octanol–water partition coefficient (Wildman–Crippen LogP) is 7.03. The minimum Gasteiger partial charge on any atom is -0.457 e. The maximum Gasteiger partial charge on any atom is 0.381 e. The van der Waals surface area contributed by atoms with Gasteiger partial charge in [0.15, 0.2) is 5.78 Å². The first-order valence-electron chi connectivity index (χ1n) is 14.1. The van der Waals surface area contributed by atoms with Crippen LogP contribution >= 0.6 is 6.72 Å². The topological polar surface area (TPSA) is 96.8 Å². The van der Waals surface area contributed by atoms with Crippen molar-refractivity contribution in [2.24, 2.45) is 17.3 Å². The van der Waals surface area contributed by atoms with Crippen LogP contribution in [0.1, 0.15) is 92.6 Å². The van der Waals surface area contributed by atoms with Gasteiger partial charge >= 0.3 is 12.7 Å². The van der Waals surface area contributed by atoms with Crippen molar-refractivity contribution in [1.82, 2.24) is 9.97 Å². The monoisotopic (exact) mass is 604 g/mol. The Hall–Kier alpha value is -2.37. The van der Waals surface area contributed by atoms with Crippen molar-refractivity contribution in [3.63, 3.8) is 0 Å². The summed E-state index contributed by atoms with van der Waals surface area (Å²) in [5, 5.41) is 0. The fourth-order valence-corrected chi connectivity index (χ4v) is 6.72. The first-order chi connectivity index (χ1) is 19.1. The van der Waals surface area contributed by atoms with Crippen LogP contribution in [0.5, 0.6) is 5.88 Å². The molecule has 3 rings (SSSR count). The number of Topliss-reactive ketones (excluding diaryl/α,β-unsaturated/α-hetero) is 1. The lowest BCUT2D eigenvalue weighted by molar-refractivity contribution is -0.150. The summed E-state index contributed by atoms with van der Waals surface area (Å²) in [7, 11) is 0. The van der Waals surface area contributed by atoms with E-state index in [9.17, 15) is 9.59 Å². The Morgan fingerprint density at radius 1 is 1.22 bits per heavy atom. The molecule has 1 heterocycles. The minimum absolute atomic E-state index is 0.00385. The summed E-state index contributed by atoms with van der Waals surface area (Å²) in [6, 6.07) is 1.74. The molecule has 2 unspecified atom stereocenters. The number of esters is 1. The van der Waals surface area contributed by atoms with E-state index in [1.807, 2.05) is 55.4 Å². The van der Waals surface area contributed by atoms with Gasteiger partial charge in [0.25, 0.3) is 0 Å². The van der Waals surface area contributed by atoms with E-state index in [1.165, 1.54) is 5.57 Å². The summed E-state index contributed by atoms with van der Waals surface area (Å²) in [6.45, 7) is 17.8. The second-order valence-electron chi connectivity index (χ2n) is 11.4. The number of carbonyl (C=O) groups is 2. The number of hydrogen-bond acceptors (Lipinski definition) is 9. The Labute approximate surface area is 250 Å². The van der Waals surface area contributed by atoms with Gasteiger partial charge in [0.2, 0.25) is 5.88 Å². The van der Waals surface area contributed by atoms with Crippen molar-refractivity contribution in [2.75, 3.05) is 13.2 Å². The molecule has 2 aliphatic rings. The van der Waals surface area contributed by atoms with E-state index in [-0.39, 0.29) is 41.3 Å². The van der Waals surface area contributed by atoms with Crippen molar-refractivity contribution in [3.05, 3.63) is 40.4 Å². The molecule has 8 nitrogen and oxygen atoms in total. The molecule has 0 spiro atoms. The first-order valence-corrected chi connectivity index (χ1v) is 16.6. The van der Waals surface area contributed by atoms with Gasteiger partial charge < -0.3 is 9.26 Å². The minimum atomic E-state index is -2.77. The number of carbonyl (C=O) groups excluding carboxylic acids is 2. The zero-order valence-corrected chi connectivity index (χ0v) is 27.8. The van der Waals surface area contributed by atoms with Crippen LogP contribution in [0.25, 0.3) is 0 Å². The third kappa shape index (κ3) is 9.31. The quantitative estimate of drug-likeness (QED) is 0.114. The summed E-state index contributed by atoms with van der Waals surface area (Å²) in [5.74, 6) is 3.76. The van der Waals surface area contributed by atoms with Gasteiger partial charge in [-0.15, -0.1) is 12.3 Å². The number of aryl methyl sites for hydroxylation is 1. The molecular formula is C31H45N2O6PS. The molecule has 10 heteroatoms. The lowest BCUT2D eigenvalue weighted by atomic mass is 10.1. The maximum atomic E-state index is 12.5. The van der Waals surface area contributed by atoms with Gasteiger partial charge in [0, 0.05) is 41.5 Å². The summed E-state index contributed by atoms with van der Waals surface area (Å²) >= 11 is 5.32. The normalized spacial score (nSPS) is 21.1. The first kappa shape index (κ1) is 34.8. The van der Waals surface area contributed by atoms with Gasteiger partial charge in [0.05, 0.1) is 25.6 Å². The zero-order valence-electron chi connectivity index (χ0n) is 26.1. The van der Waals surface area contributed by atoms with Crippen LogP contribution in [0.15, 0.2) is 28.9 Å². The van der Waals surface area contributed by atoms with Crippen LogP contribution in [0.2, 0.25) is 0 Å². The fraction of sp³-hybridized carbons (Fsp3) is 0.613. The Bertz CT molecular complexity index is 1270. The van der Waals surface area contributed by atoms with E-state index < -0.39 is 12.8 Å². The van der Waals surface area contributed by atoms with Crippen molar-refractivity contribution in [3.8, 4) is 18.2 Å². The second kappa shape index (κ2) is 14.7. The van der Waals surface area contributed by atoms with E-state index in [4.69, 9.17) is 36.5 Å². The van der Waals surface area contributed by atoms with Gasteiger partial charge in [-0.2, -0.15) is 4.98 Å². The van der Waals surface area contributed by atoms with Gasteiger partial charge in [-0.05, 0) is 58.4 Å². The van der Waals surface area contributed by atoms with Crippen molar-refractivity contribution in [1.29, 1.82) is 0 Å². The average Bonchev–Trinajstić information content (AvgIpc) is 3.28. The lowest BCUT2D eigenvalue weighted by Gasteiger charge is -2.20. The average molecular weight is 605 g/mol. The van der Waals surface area contributed by atoms with Crippen LogP contribution in [-0.4, -0.2) is 41.0 Å². The number of nitrogens with zero attached hydrogens (tertiary/aromatic N) is 2. The number of allylic oxidation sites excluding steroid dienone is 3. The van der Waals surface area contributed by atoms with E-state index in [0.717, 1.165) is 17.1 Å². The zero-order chi connectivity index (χ0) is 31.1. The second-order valence-corrected chi connectivity index (χ2v) is 14.3. The third-order valence-electron chi connectivity index (χ3n) is 7.03. The molecule has 1 saturated carbocycles. The van der Waals surface area contributed by atoms with E-state index >= 15 is 0 Å². The van der Waals surface area contributed by atoms with Crippen LogP contribution in [0.3, 0.4) is 0 Å². The SMILES string of the molecule is C#CCC1=C(C)[C@@H](OC(=O)C2C(C=C(C)C)C2(C)C)CC1=O.CCOP(=S)(OCC)Oc1cc(C)nc(C(C)C)n1. The molecule has 41 heavy (non-hydrogen) atoms. The van der Waals surface area contributed by atoms with Crippen molar-refractivity contribution < 1.29 is 27.9 Å². The number of ketones is 1. The van der Waals surface area contributed by atoms with Gasteiger partial charge in [-0.25, -0.2) is 4.98 Å².